The molecule has 1 unspecified atom stereocenters. The van der Waals surface area contributed by atoms with E-state index in [1.807, 2.05) is 24.3 Å². The van der Waals surface area contributed by atoms with E-state index >= 15 is 0 Å². The summed E-state index contributed by atoms with van der Waals surface area (Å²) in [6.07, 6.45) is 4.84. The molecule has 3 aromatic rings. The number of piperidine rings is 1. The lowest BCUT2D eigenvalue weighted by atomic mass is 9.91. The number of halogens is 2. The van der Waals surface area contributed by atoms with Gasteiger partial charge < -0.3 is 10.0 Å². The molecule has 0 aromatic heterocycles. The Labute approximate surface area is 206 Å². The zero-order chi connectivity index (χ0) is 21.5. The van der Waals surface area contributed by atoms with Crippen LogP contribution in [0.1, 0.15) is 54.9 Å². The minimum Gasteiger partial charge on any atom is -0.388 e. The molecule has 0 amide bonds. The molecular weight excluding hydrogens is 482 g/mol. The molecule has 0 aliphatic carbocycles. The van der Waals surface area contributed by atoms with Crippen LogP contribution in [-0.2, 0) is 0 Å². The fourth-order valence-corrected chi connectivity index (χ4v) is 4.70. The first-order valence-corrected chi connectivity index (χ1v) is 12.0. The van der Waals surface area contributed by atoms with Gasteiger partial charge in [-0.2, -0.15) is 0 Å². The number of allylic oxidation sites excluding steroid dienone is 1. The zero-order valence-corrected chi connectivity index (χ0v) is 20.7. The summed E-state index contributed by atoms with van der Waals surface area (Å²) in [6.45, 7) is 2.18. The van der Waals surface area contributed by atoms with Gasteiger partial charge in [0.05, 0.1) is 6.10 Å². The fourth-order valence-electron chi connectivity index (χ4n) is 4.44. The summed E-state index contributed by atoms with van der Waals surface area (Å²) in [7, 11) is 0. The number of aliphatic hydroxyl groups excluding tert-OH is 1. The molecule has 0 bridgehead atoms. The predicted octanol–water partition coefficient (Wildman–Crippen LogP) is 7.63. The molecule has 1 aliphatic rings. The maximum absolute atomic E-state index is 10.9. The van der Waals surface area contributed by atoms with E-state index in [-0.39, 0.29) is 12.4 Å². The number of benzene rings is 3. The summed E-state index contributed by atoms with van der Waals surface area (Å²) >= 11 is 3.48. The molecular formula is C28H31BrClNO. The molecule has 4 rings (SSSR count). The van der Waals surface area contributed by atoms with Crippen molar-refractivity contribution in [1.82, 2.24) is 4.90 Å². The van der Waals surface area contributed by atoms with Crippen molar-refractivity contribution in [2.24, 2.45) is 0 Å². The topological polar surface area (TPSA) is 23.5 Å². The van der Waals surface area contributed by atoms with Crippen LogP contribution in [0.5, 0.6) is 0 Å². The highest BCUT2D eigenvalue weighted by Crippen LogP contribution is 2.34. The Hall–Kier alpha value is -2.07. The number of aliphatic hydroxyl groups is 1. The Morgan fingerprint density at radius 2 is 1.31 bits per heavy atom. The molecule has 4 heteroatoms. The van der Waals surface area contributed by atoms with Gasteiger partial charge in [-0.1, -0.05) is 88.7 Å². The molecule has 1 atom stereocenters. The van der Waals surface area contributed by atoms with Crippen LogP contribution in [0.4, 0.5) is 0 Å². The quantitative estimate of drug-likeness (QED) is 0.352. The first-order valence-electron chi connectivity index (χ1n) is 11.2. The minimum atomic E-state index is -0.472. The Bertz CT molecular complexity index is 941. The maximum atomic E-state index is 10.9. The van der Waals surface area contributed by atoms with Crippen molar-refractivity contribution in [3.05, 3.63) is 112 Å². The standard InChI is InChI=1S/C28H30BrNO.ClH/c29-25-16-14-22(15-17-25)27(31)19-18-26(30-20-8-3-9-21-30)28(23-10-4-1-5-11-23)24-12-6-2-7-13-24;/h1-2,4-7,10-17,27,31H,3,8-9,18-21H2;1H. The average molecular weight is 513 g/mol. The van der Waals surface area contributed by atoms with Crippen LogP contribution in [0.2, 0.25) is 0 Å². The normalized spacial score (nSPS) is 14.4. The second-order valence-corrected chi connectivity index (χ2v) is 9.12. The Morgan fingerprint density at radius 1 is 0.781 bits per heavy atom. The van der Waals surface area contributed by atoms with Gasteiger partial charge in [-0.3, -0.25) is 0 Å². The first kappa shape index (κ1) is 24.6. The second-order valence-electron chi connectivity index (χ2n) is 8.21. The number of nitrogens with zero attached hydrogens (tertiary/aromatic N) is 1. The van der Waals surface area contributed by atoms with E-state index in [0.717, 1.165) is 29.5 Å². The third kappa shape index (κ3) is 6.25. The van der Waals surface area contributed by atoms with Crippen LogP contribution in [0.3, 0.4) is 0 Å². The highest BCUT2D eigenvalue weighted by atomic mass is 79.9. The van der Waals surface area contributed by atoms with Crippen molar-refractivity contribution in [1.29, 1.82) is 0 Å². The molecule has 3 aromatic carbocycles. The van der Waals surface area contributed by atoms with Gasteiger partial charge in [-0.25, -0.2) is 0 Å². The van der Waals surface area contributed by atoms with E-state index < -0.39 is 6.10 Å². The fraction of sp³-hybridized carbons (Fsp3) is 0.286. The molecule has 32 heavy (non-hydrogen) atoms. The van der Waals surface area contributed by atoms with Gasteiger partial charge in [0, 0.05) is 28.8 Å². The van der Waals surface area contributed by atoms with E-state index in [2.05, 4.69) is 81.5 Å². The molecule has 1 N–H and O–H groups in total. The maximum Gasteiger partial charge on any atom is 0.0793 e. The summed E-state index contributed by atoms with van der Waals surface area (Å²) in [5.74, 6) is 0. The monoisotopic (exact) mass is 511 g/mol. The van der Waals surface area contributed by atoms with E-state index in [9.17, 15) is 5.11 Å². The summed E-state index contributed by atoms with van der Waals surface area (Å²) in [4.78, 5) is 2.56. The van der Waals surface area contributed by atoms with Gasteiger partial charge in [0.25, 0.3) is 0 Å². The van der Waals surface area contributed by atoms with Crippen molar-refractivity contribution >= 4 is 33.9 Å². The second kappa shape index (κ2) is 12.2. The van der Waals surface area contributed by atoms with Crippen molar-refractivity contribution < 1.29 is 5.11 Å². The van der Waals surface area contributed by atoms with Crippen LogP contribution in [-0.4, -0.2) is 23.1 Å². The van der Waals surface area contributed by atoms with Crippen LogP contribution in [0.25, 0.3) is 5.57 Å². The van der Waals surface area contributed by atoms with Gasteiger partial charge in [-0.05, 0) is 60.9 Å². The lowest BCUT2D eigenvalue weighted by Crippen LogP contribution is -2.30. The molecule has 0 radical (unpaired) electrons. The van der Waals surface area contributed by atoms with Gasteiger partial charge in [0.15, 0.2) is 0 Å². The largest absolute Gasteiger partial charge is 0.388 e. The zero-order valence-electron chi connectivity index (χ0n) is 18.3. The smallest absolute Gasteiger partial charge is 0.0793 e. The van der Waals surface area contributed by atoms with E-state index in [1.165, 1.54) is 41.7 Å². The first-order chi connectivity index (χ1) is 15.2. The number of likely N-dealkylation sites (tertiary alicyclic amines) is 1. The predicted molar refractivity (Wildman–Crippen MR) is 140 cm³/mol. The Morgan fingerprint density at radius 3 is 1.84 bits per heavy atom. The van der Waals surface area contributed by atoms with Gasteiger partial charge in [0.1, 0.15) is 0 Å². The highest BCUT2D eigenvalue weighted by molar-refractivity contribution is 9.10. The lowest BCUT2D eigenvalue weighted by molar-refractivity contribution is 0.162. The van der Waals surface area contributed by atoms with Gasteiger partial charge >= 0.3 is 0 Å². The van der Waals surface area contributed by atoms with Crippen LogP contribution in [0, 0.1) is 0 Å². The van der Waals surface area contributed by atoms with Gasteiger partial charge in [0.2, 0.25) is 0 Å². The van der Waals surface area contributed by atoms with Crippen LogP contribution >= 0.6 is 28.3 Å². The molecule has 1 saturated heterocycles. The summed E-state index contributed by atoms with van der Waals surface area (Å²) in [5, 5.41) is 10.9. The summed E-state index contributed by atoms with van der Waals surface area (Å²) < 4.78 is 1.03. The third-order valence-electron chi connectivity index (χ3n) is 6.06. The minimum absolute atomic E-state index is 0. The molecule has 0 saturated carbocycles. The number of hydrogen-bond acceptors (Lipinski definition) is 2. The van der Waals surface area contributed by atoms with E-state index in [0.29, 0.717) is 6.42 Å². The molecule has 168 valence electrons. The molecule has 1 heterocycles. The van der Waals surface area contributed by atoms with Crippen molar-refractivity contribution in [3.8, 4) is 0 Å². The van der Waals surface area contributed by atoms with Crippen molar-refractivity contribution in [2.75, 3.05) is 13.1 Å². The van der Waals surface area contributed by atoms with E-state index in [1.54, 1.807) is 0 Å². The molecule has 1 aliphatic heterocycles. The van der Waals surface area contributed by atoms with Crippen molar-refractivity contribution in [3.63, 3.8) is 0 Å². The van der Waals surface area contributed by atoms with Gasteiger partial charge in [-0.15, -0.1) is 12.4 Å². The summed E-state index contributed by atoms with van der Waals surface area (Å²) in [5.41, 5.74) is 6.11. The van der Waals surface area contributed by atoms with Crippen molar-refractivity contribution in [2.45, 2.75) is 38.2 Å². The number of hydrogen-bond donors (Lipinski definition) is 1. The van der Waals surface area contributed by atoms with Crippen LogP contribution in [0.15, 0.2) is 95.1 Å². The Balaban J connectivity index is 0.00000289. The number of rotatable bonds is 7. The highest BCUT2D eigenvalue weighted by Gasteiger charge is 2.21. The Kier molecular flexibility index (Phi) is 9.40. The lowest BCUT2D eigenvalue weighted by Gasteiger charge is -2.34. The molecule has 2 nitrogen and oxygen atoms in total. The third-order valence-corrected chi connectivity index (χ3v) is 6.59. The van der Waals surface area contributed by atoms with Crippen LogP contribution < -0.4 is 0 Å². The SMILES string of the molecule is Cl.OC(CCC(=C(c1ccccc1)c1ccccc1)N1CCCCC1)c1ccc(Br)cc1. The van der Waals surface area contributed by atoms with E-state index in [4.69, 9.17) is 0 Å². The summed E-state index contributed by atoms with van der Waals surface area (Å²) in [6, 6.07) is 29.4. The molecule has 1 fully saturated rings. The average Bonchev–Trinajstić information content (AvgIpc) is 2.83. The molecule has 0 spiro atoms.